The minimum Gasteiger partial charge on any atom is -0.346 e. The topological polar surface area (TPSA) is 59.8 Å². The van der Waals surface area contributed by atoms with Crippen molar-refractivity contribution in [3.63, 3.8) is 0 Å². The van der Waals surface area contributed by atoms with Crippen molar-refractivity contribution in [1.82, 2.24) is 20.1 Å². The molecule has 0 aromatic carbocycles. The van der Waals surface area contributed by atoms with E-state index in [9.17, 15) is 4.79 Å². The van der Waals surface area contributed by atoms with Crippen LogP contribution in [0.5, 0.6) is 0 Å². The molecule has 1 N–H and O–H groups in total. The molecule has 0 unspecified atom stereocenters. The molecule has 0 bridgehead atoms. The van der Waals surface area contributed by atoms with Gasteiger partial charge in [-0.25, -0.2) is 4.98 Å². The average Bonchev–Trinajstić information content (AvgIpc) is 3.19. The zero-order valence-corrected chi connectivity index (χ0v) is 15.2. The van der Waals surface area contributed by atoms with Gasteiger partial charge in [0, 0.05) is 29.4 Å². The van der Waals surface area contributed by atoms with E-state index < -0.39 is 0 Å². The quantitative estimate of drug-likeness (QED) is 0.915. The highest BCUT2D eigenvalue weighted by Crippen LogP contribution is 2.42. The minimum atomic E-state index is -0.203. The molecule has 6 heteroatoms. The van der Waals surface area contributed by atoms with E-state index in [1.807, 2.05) is 38.7 Å². The van der Waals surface area contributed by atoms with E-state index in [1.165, 1.54) is 17.7 Å². The van der Waals surface area contributed by atoms with Crippen molar-refractivity contribution in [2.24, 2.45) is 13.0 Å². The highest BCUT2D eigenvalue weighted by Gasteiger charge is 2.36. The van der Waals surface area contributed by atoms with Crippen LogP contribution in [0.1, 0.15) is 58.6 Å². The van der Waals surface area contributed by atoms with E-state index in [0.717, 1.165) is 22.0 Å². The van der Waals surface area contributed by atoms with Crippen LogP contribution in [0, 0.1) is 26.7 Å². The number of aromatic nitrogens is 3. The van der Waals surface area contributed by atoms with Crippen LogP contribution in [-0.2, 0) is 11.8 Å². The summed E-state index contributed by atoms with van der Waals surface area (Å²) in [6.45, 7) is 8.00. The van der Waals surface area contributed by atoms with Gasteiger partial charge in [-0.1, -0.05) is 0 Å². The van der Waals surface area contributed by atoms with Gasteiger partial charge >= 0.3 is 0 Å². The summed E-state index contributed by atoms with van der Waals surface area (Å²) >= 11 is 1.68. The van der Waals surface area contributed by atoms with Crippen molar-refractivity contribution in [1.29, 1.82) is 0 Å². The monoisotopic (exact) mass is 332 g/mol. The molecule has 2 atom stereocenters. The Kier molecular flexibility index (Phi) is 4.27. The second-order valence-corrected chi connectivity index (χ2v) is 7.83. The van der Waals surface area contributed by atoms with E-state index in [0.29, 0.717) is 5.92 Å². The van der Waals surface area contributed by atoms with Gasteiger partial charge in [0.1, 0.15) is 5.01 Å². The molecule has 2 aromatic heterocycles. The number of rotatable bonds is 5. The lowest BCUT2D eigenvalue weighted by atomic mass is 9.97. The number of carbonyl (C=O) groups excluding carboxylic acids is 1. The van der Waals surface area contributed by atoms with Gasteiger partial charge in [0.25, 0.3) is 0 Å². The molecule has 1 saturated carbocycles. The molecule has 1 fully saturated rings. The number of thiazole rings is 1. The van der Waals surface area contributed by atoms with Crippen LogP contribution >= 0.6 is 11.3 Å². The summed E-state index contributed by atoms with van der Waals surface area (Å²) in [6.07, 6.45) is 4.23. The lowest BCUT2D eigenvalue weighted by molar-refractivity contribution is -0.123. The van der Waals surface area contributed by atoms with Crippen LogP contribution in [0.4, 0.5) is 0 Å². The van der Waals surface area contributed by atoms with Gasteiger partial charge in [-0.2, -0.15) is 5.10 Å². The zero-order chi connectivity index (χ0) is 16.7. The van der Waals surface area contributed by atoms with Crippen LogP contribution in [0.25, 0.3) is 0 Å². The standard InChI is InChI=1S/C17H24N4OS/c1-9-8-18-17(23-9)15(13-6-7-13)19-16(22)10(2)14-11(3)20-21(5)12(14)4/h8,10,13,15H,6-7H2,1-5H3,(H,19,22)/t10-,15-/m0/s1. The normalized spacial score (nSPS) is 17.1. The number of nitrogens with one attached hydrogen (secondary N) is 1. The third-order valence-electron chi connectivity index (χ3n) is 4.69. The number of nitrogens with zero attached hydrogens (tertiary/aromatic N) is 3. The first-order valence-corrected chi connectivity index (χ1v) is 8.93. The van der Waals surface area contributed by atoms with Crippen LogP contribution in [-0.4, -0.2) is 20.7 Å². The summed E-state index contributed by atoms with van der Waals surface area (Å²) in [5, 5.41) is 8.70. The van der Waals surface area contributed by atoms with Gasteiger partial charge in [-0.15, -0.1) is 11.3 Å². The Morgan fingerprint density at radius 3 is 2.57 bits per heavy atom. The maximum atomic E-state index is 12.8. The summed E-state index contributed by atoms with van der Waals surface area (Å²) in [5.41, 5.74) is 3.02. The van der Waals surface area contributed by atoms with Crippen molar-refractivity contribution in [3.05, 3.63) is 33.0 Å². The molecule has 0 aliphatic heterocycles. The number of carbonyl (C=O) groups is 1. The molecule has 3 rings (SSSR count). The third-order valence-corrected chi connectivity index (χ3v) is 5.68. The summed E-state index contributed by atoms with van der Waals surface area (Å²) in [7, 11) is 1.92. The first-order chi connectivity index (χ1) is 10.9. The first-order valence-electron chi connectivity index (χ1n) is 8.11. The Morgan fingerprint density at radius 1 is 1.39 bits per heavy atom. The maximum absolute atomic E-state index is 12.8. The molecule has 0 saturated heterocycles. The molecule has 5 nitrogen and oxygen atoms in total. The van der Waals surface area contributed by atoms with Gasteiger partial charge < -0.3 is 5.32 Å². The average molecular weight is 332 g/mol. The largest absolute Gasteiger partial charge is 0.346 e. The molecule has 0 spiro atoms. The molecule has 23 heavy (non-hydrogen) atoms. The van der Waals surface area contributed by atoms with Crippen LogP contribution in [0.3, 0.4) is 0 Å². The molecule has 124 valence electrons. The highest BCUT2D eigenvalue weighted by molar-refractivity contribution is 7.11. The summed E-state index contributed by atoms with van der Waals surface area (Å²) in [4.78, 5) is 18.5. The van der Waals surface area contributed by atoms with Gasteiger partial charge in [-0.05, 0) is 46.5 Å². The Morgan fingerprint density at radius 2 is 2.09 bits per heavy atom. The van der Waals surface area contributed by atoms with Gasteiger partial charge in [0.15, 0.2) is 0 Å². The molecule has 2 aromatic rings. The fraction of sp³-hybridized carbons (Fsp3) is 0.588. The van der Waals surface area contributed by atoms with Crippen LogP contribution in [0.15, 0.2) is 6.20 Å². The number of amides is 1. The number of hydrogen-bond donors (Lipinski definition) is 1. The Balaban J connectivity index is 1.79. The molecule has 1 amide bonds. The molecule has 1 aliphatic carbocycles. The number of aryl methyl sites for hydroxylation is 3. The third kappa shape index (κ3) is 3.17. The molecular formula is C17H24N4OS. The zero-order valence-electron chi connectivity index (χ0n) is 14.4. The molecule has 0 radical (unpaired) electrons. The van der Waals surface area contributed by atoms with E-state index in [-0.39, 0.29) is 17.9 Å². The van der Waals surface area contributed by atoms with Crippen LogP contribution in [0.2, 0.25) is 0 Å². The van der Waals surface area contributed by atoms with E-state index in [1.54, 1.807) is 11.3 Å². The van der Waals surface area contributed by atoms with Gasteiger partial charge in [-0.3, -0.25) is 9.48 Å². The van der Waals surface area contributed by atoms with Crippen molar-refractivity contribution in [2.75, 3.05) is 0 Å². The van der Waals surface area contributed by atoms with Gasteiger partial charge in [0.05, 0.1) is 17.7 Å². The van der Waals surface area contributed by atoms with E-state index in [2.05, 4.69) is 22.3 Å². The predicted octanol–water partition coefficient (Wildman–Crippen LogP) is 3.17. The Labute approximate surface area is 141 Å². The first kappa shape index (κ1) is 16.2. The number of hydrogen-bond acceptors (Lipinski definition) is 4. The summed E-state index contributed by atoms with van der Waals surface area (Å²) < 4.78 is 1.84. The maximum Gasteiger partial charge on any atom is 0.227 e. The second kappa shape index (κ2) is 6.07. The van der Waals surface area contributed by atoms with Crippen molar-refractivity contribution in [3.8, 4) is 0 Å². The van der Waals surface area contributed by atoms with Crippen molar-refractivity contribution in [2.45, 2.75) is 52.5 Å². The Bertz CT molecular complexity index is 729. The Hall–Kier alpha value is -1.69. The second-order valence-electron chi connectivity index (χ2n) is 6.56. The van der Waals surface area contributed by atoms with Gasteiger partial charge in [0.2, 0.25) is 5.91 Å². The van der Waals surface area contributed by atoms with Crippen LogP contribution < -0.4 is 5.32 Å². The summed E-state index contributed by atoms with van der Waals surface area (Å²) in [5.74, 6) is 0.396. The fourth-order valence-corrected chi connectivity index (χ4v) is 4.07. The fourth-order valence-electron chi connectivity index (χ4n) is 3.15. The lowest BCUT2D eigenvalue weighted by Gasteiger charge is -2.19. The molecule has 1 aliphatic rings. The SMILES string of the molecule is Cc1cnc([C@@H](NC(=O)[C@@H](C)c2c(C)nn(C)c2C)C2CC2)s1. The van der Waals surface area contributed by atoms with E-state index >= 15 is 0 Å². The summed E-state index contributed by atoms with van der Waals surface area (Å²) in [6, 6.07) is 0.0564. The molecule has 2 heterocycles. The predicted molar refractivity (Wildman–Crippen MR) is 91.6 cm³/mol. The minimum absolute atomic E-state index is 0.0564. The molecular weight excluding hydrogens is 308 g/mol. The highest BCUT2D eigenvalue weighted by atomic mass is 32.1. The van der Waals surface area contributed by atoms with Crippen molar-refractivity contribution < 1.29 is 4.79 Å². The van der Waals surface area contributed by atoms with E-state index in [4.69, 9.17) is 0 Å². The lowest BCUT2D eigenvalue weighted by Crippen LogP contribution is -2.33. The van der Waals surface area contributed by atoms with Crippen molar-refractivity contribution >= 4 is 17.2 Å². The smallest absolute Gasteiger partial charge is 0.227 e.